The molecule has 2 aliphatic heterocycles. The molecule has 1 aromatic carbocycles. The van der Waals surface area contributed by atoms with E-state index >= 15 is 0 Å². The first-order chi connectivity index (χ1) is 13.6. The van der Waals surface area contributed by atoms with E-state index in [0.717, 1.165) is 11.0 Å². The molecule has 0 bridgehead atoms. The van der Waals surface area contributed by atoms with Gasteiger partial charge in [0.1, 0.15) is 6.54 Å². The largest absolute Gasteiger partial charge is 0.378 e. The van der Waals surface area contributed by atoms with Crippen LogP contribution in [0, 0.1) is 5.92 Å². The number of amides is 2. The Morgan fingerprint density at radius 2 is 1.64 bits per heavy atom. The first kappa shape index (κ1) is 18.7. The van der Waals surface area contributed by atoms with Crippen molar-refractivity contribution in [1.82, 2.24) is 18.9 Å². The molecule has 0 saturated carbocycles. The van der Waals surface area contributed by atoms with Crippen molar-refractivity contribution in [2.75, 3.05) is 39.4 Å². The molecule has 0 unspecified atom stereocenters. The number of fused-ring (bicyclic) bond motifs is 1. The van der Waals surface area contributed by atoms with Crippen LogP contribution in [0.3, 0.4) is 0 Å². The van der Waals surface area contributed by atoms with E-state index in [9.17, 15) is 14.4 Å². The number of para-hydroxylation sites is 2. The molecular formula is C20H26N4O4. The number of ether oxygens (including phenoxy) is 1. The van der Waals surface area contributed by atoms with Crippen molar-refractivity contribution in [3.05, 3.63) is 34.7 Å². The van der Waals surface area contributed by atoms with Gasteiger partial charge in [0.25, 0.3) is 0 Å². The van der Waals surface area contributed by atoms with Gasteiger partial charge in [0, 0.05) is 39.1 Å². The van der Waals surface area contributed by atoms with E-state index in [0.29, 0.717) is 52.2 Å². The number of benzene rings is 1. The van der Waals surface area contributed by atoms with Crippen LogP contribution in [0.25, 0.3) is 11.0 Å². The fraction of sp³-hybridized carbons (Fsp3) is 0.550. The number of rotatable bonds is 3. The molecule has 3 heterocycles. The second-order valence-corrected chi connectivity index (χ2v) is 7.51. The van der Waals surface area contributed by atoms with Crippen LogP contribution in [-0.2, 0) is 27.9 Å². The number of hydrogen-bond acceptors (Lipinski definition) is 4. The van der Waals surface area contributed by atoms with Crippen molar-refractivity contribution in [2.24, 2.45) is 13.0 Å². The molecule has 8 heteroatoms. The lowest BCUT2D eigenvalue weighted by Gasteiger charge is -2.35. The smallest absolute Gasteiger partial charge is 0.329 e. The number of aromatic nitrogens is 2. The van der Waals surface area contributed by atoms with Crippen LogP contribution in [0.15, 0.2) is 29.1 Å². The Morgan fingerprint density at radius 1 is 1.00 bits per heavy atom. The van der Waals surface area contributed by atoms with Crippen molar-refractivity contribution >= 4 is 22.8 Å². The van der Waals surface area contributed by atoms with Gasteiger partial charge in [0.05, 0.1) is 24.2 Å². The molecule has 1 aromatic heterocycles. The maximum Gasteiger partial charge on any atom is 0.329 e. The van der Waals surface area contributed by atoms with Gasteiger partial charge < -0.3 is 14.5 Å². The SMILES string of the molecule is Cn1c(=O)n(CC(=O)N2CCC(C(=O)N3CCOCC3)CC2)c2ccccc21. The second-order valence-electron chi connectivity index (χ2n) is 7.51. The topological polar surface area (TPSA) is 76.8 Å². The van der Waals surface area contributed by atoms with Crippen LogP contribution in [0.1, 0.15) is 12.8 Å². The predicted octanol–water partition coefficient (Wildman–Crippen LogP) is 0.437. The van der Waals surface area contributed by atoms with E-state index in [2.05, 4.69) is 0 Å². The molecule has 4 rings (SSSR count). The van der Waals surface area contributed by atoms with Crippen LogP contribution in [0.5, 0.6) is 0 Å². The molecule has 2 fully saturated rings. The first-order valence-electron chi connectivity index (χ1n) is 9.85. The Hall–Kier alpha value is -2.61. The van der Waals surface area contributed by atoms with Crippen molar-refractivity contribution in [3.63, 3.8) is 0 Å². The van der Waals surface area contributed by atoms with Gasteiger partial charge in [0.15, 0.2) is 0 Å². The summed E-state index contributed by atoms with van der Waals surface area (Å²) in [5.41, 5.74) is 1.39. The van der Waals surface area contributed by atoms with Gasteiger partial charge in [0.2, 0.25) is 11.8 Å². The second kappa shape index (κ2) is 7.79. The van der Waals surface area contributed by atoms with Gasteiger partial charge in [-0.15, -0.1) is 0 Å². The number of likely N-dealkylation sites (tertiary alicyclic amines) is 1. The van der Waals surface area contributed by atoms with Crippen LogP contribution in [-0.4, -0.2) is 70.1 Å². The molecule has 8 nitrogen and oxygen atoms in total. The highest BCUT2D eigenvalue weighted by atomic mass is 16.5. The summed E-state index contributed by atoms with van der Waals surface area (Å²) in [5.74, 6) is 0.0822. The minimum absolute atomic E-state index is 0.0255. The van der Waals surface area contributed by atoms with E-state index in [1.54, 1.807) is 16.5 Å². The molecule has 28 heavy (non-hydrogen) atoms. The van der Waals surface area contributed by atoms with Crippen LogP contribution in [0.2, 0.25) is 0 Å². The maximum absolute atomic E-state index is 12.8. The fourth-order valence-corrected chi connectivity index (χ4v) is 4.17. The molecule has 2 amide bonds. The number of aryl methyl sites for hydroxylation is 1. The van der Waals surface area contributed by atoms with Gasteiger partial charge in [-0.3, -0.25) is 18.7 Å². The minimum atomic E-state index is -0.188. The van der Waals surface area contributed by atoms with Gasteiger partial charge in [-0.25, -0.2) is 4.79 Å². The molecule has 2 aromatic rings. The monoisotopic (exact) mass is 386 g/mol. The third-order valence-corrected chi connectivity index (χ3v) is 5.86. The molecule has 0 N–H and O–H groups in total. The normalized spacial score (nSPS) is 18.6. The zero-order chi connectivity index (χ0) is 19.7. The number of hydrogen-bond donors (Lipinski definition) is 0. The summed E-state index contributed by atoms with van der Waals surface area (Å²) in [5, 5.41) is 0. The van der Waals surface area contributed by atoms with E-state index in [-0.39, 0.29) is 30.0 Å². The third kappa shape index (κ3) is 3.44. The summed E-state index contributed by atoms with van der Waals surface area (Å²) >= 11 is 0. The molecule has 0 aliphatic carbocycles. The summed E-state index contributed by atoms with van der Waals surface area (Å²) in [6.45, 7) is 3.65. The van der Waals surface area contributed by atoms with Gasteiger partial charge >= 0.3 is 5.69 Å². The minimum Gasteiger partial charge on any atom is -0.378 e. The highest BCUT2D eigenvalue weighted by Gasteiger charge is 2.31. The predicted molar refractivity (Wildman–Crippen MR) is 104 cm³/mol. The lowest BCUT2D eigenvalue weighted by molar-refractivity contribution is -0.143. The van der Waals surface area contributed by atoms with Gasteiger partial charge in [-0.05, 0) is 25.0 Å². The average molecular weight is 386 g/mol. The molecule has 2 saturated heterocycles. The molecule has 0 radical (unpaired) electrons. The van der Waals surface area contributed by atoms with Crippen LogP contribution < -0.4 is 5.69 Å². The number of piperidine rings is 1. The van der Waals surface area contributed by atoms with E-state index < -0.39 is 0 Å². The van der Waals surface area contributed by atoms with Crippen molar-refractivity contribution < 1.29 is 14.3 Å². The summed E-state index contributed by atoms with van der Waals surface area (Å²) < 4.78 is 8.40. The van der Waals surface area contributed by atoms with Crippen LogP contribution >= 0.6 is 0 Å². The number of morpholine rings is 1. The Bertz CT molecular complexity index is 933. The Balaban J connectivity index is 1.39. The summed E-state index contributed by atoms with van der Waals surface area (Å²) in [6.07, 6.45) is 1.35. The highest BCUT2D eigenvalue weighted by molar-refractivity contribution is 5.82. The van der Waals surface area contributed by atoms with Crippen molar-refractivity contribution in [1.29, 1.82) is 0 Å². The highest BCUT2D eigenvalue weighted by Crippen LogP contribution is 2.21. The first-order valence-corrected chi connectivity index (χ1v) is 9.85. The number of nitrogens with zero attached hydrogens (tertiary/aromatic N) is 4. The lowest BCUT2D eigenvalue weighted by atomic mass is 9.95. The van der Waals surface area contributed by atoms with Crippen molar-refractivity contribution in [2.45, 2.75) is 19.4 Å². The molecule has 150 valence electrons. The van der Waals surface area contributed by atoms with E-state index in [4.69, 9.17) is 4.74 Å². The quantitative estimate of drug-likeness (QED) is 0.767. The fourth-order valence-electron chi connectivity index (χ4n) is 4.17. The summed E-state index contributed by atoms with van der Waals surface area (Å²) in [6, 6.07) is 7.48. The molecule has 2 aliphatic rings. The molecule has 0 atom stereocenters. The zero-order valence-electron chi connectivity index (χ0n) is 16.2. The number of carbonyl (C=O) groups excluding carboxylic acids is 2. The number of imidazole rings is 1. The van der Waals surface area contributed by atoms with E-state index in [1.165, 1.54) is 4.57 Å². The standard InChI is InChI=1S/C20H26N4O4/c1-21-16-4-2-3-5-17(16)24(20(21)27)14-18(25)22-8-6-15(7-9-22)19(26)23-10-12-28-13-11-23/h2-5,15H,6-14H2,1H3. The third-order valence-electron chi connectivity index (χ3n) is 5.86. The maximum atomic E-state index is 12.8. The summed E-state index contributed by atoms with van der Waals surface area (Å²) in [7, 11) is 1.72. The zero-order valence-corrected chi connectivity index (χ0v) is 16.2. The number of carbonyl (C=O) groups is 2. The Morgan fingerprint density at radius 3 is 2.32 bits per heavy atom. The molecule has 0 spiro atoms. The van der Waals surface area contributed by atoms with Crippen molar-refractivity contribution in [3.8, 4) is 0 Å². The Kier molecular flexibility index (Phi) is 5.21. The van der Waals surface area contributed by atoms with E-state index in [1.807, 2.05) is 29.2 Å². The van der Waals surface area contributed by atoms with Gasteiger partial charge in [-0.2, -0.15) is 0 Å². The lowest BCUT2D eigenvalue weighted by Crippen LogP contribution is -2.48. The van der Waals surface area contributed by atoms with Gasteiger partial charge in [-0.1, -0.05) is 12.1 Å². The Labute approximate surface area is 163 Å². The summed E-state index contributed by atoms with van der Waals surface area (Å²) in [4.78, 5) is 41.6. The molecular weight excluding hydrogens is 360 g/mol. The van der Waals surface area contributed by atoms with Crippen LogP contribution in [0.4, 0.5) is 0 Å². The average Bonchev–Trinajstić information content (AvgIpc) is 2.99.